The molecule has 2 aliphatic rings. The van der Waals surface area contributed by atoms with E-state index in [1.54, 1.807) is 13.3 Å². The number of aryl methyl sites for hydroxylation is 2. The normalized spacial score (nSPS) is 15.3. The van der Waals surface area contributed by atoms with Gasteiger partial charge in [0.2, 0.25) is 17.7 Å². The van der Waals surface area contributed by atoms with Gasteiger partial charge in [0.25, 0.3) is 0 Å². The second-order valence-electron chi connectivity index (χ2n) is 20.3. The van der Waals surface area contributed by atoms with E-state index in [0.29, 0.717) is 42.1 Å². The summed E-state index contributed by atoms with van der Waals surface area (Å²) in [5, 5.41) is 25.5. The number of carbonyl (C=O) groups excluding carboxylic acids is 1. The van der Waals surface area contributed by atoms with Crippen molar-refractivity contribution in [1.29, 1.82) is 0 Å². The number of aromatic nitrogens is 7. The molecule has 0 aliphatic carbocycles. The highest BCUT2D eigenvalue weighted by Gasteiger charge is 2.26. The van der Waals surface area contributed by atoms with E-state index >= 15 is 0 Å². The van der Waals surface area contributed by atoms with Crippen LogP contribution in [0.15, 0.2) is 98.1 Å². The van der Waals surface area contributed by atoms with Gasteiger partial charge in [-0.15, -0.1) is 0 Å². The second-order valence-corrected chi connectivity index (χ2v) is 20.3. The standard InChI is InChI=1S/C58H77N15O4/c1-7-43-40-62-73-53(37-54(66-57(43)73)72-26-12-11-15-44(72)21-33-74)60-38-42-18-19-56(61-39-42)77-34-14-25-71-31-29-70(30-32-71)24-13-23-67(3)27-28-68(4)51-36-52(76-6)49(35-48(51)63-55(75)8-2)65-58-59-22-20-47(64-58)46-41-69(5)50-17-10-9-16-45(46)50/h8-10,16-20,22,35-37,39-41,44,60,74H,2,7,11-15,21,23-34,38H2,1,3-6H3,(H,63,75)(H,59,64,65)/t44-/m0/s1. The summed E-state index contributed by atoms with van der Waals surface area (Å²) in [5.41, 5.74) is 8.02. The number of nitrogens with one attached hydrogen (secondary N) is 3. The first kappa shape index (κ1) is 54.5. The first-order valence-electron chi connectivity index (χ1n) is 27.3. The van der Waals surface area contributed by atoms with Crippen LogP contribution in [0.2, 0.25) is 0 Å². The van der Waals surface area contributed by atoms with Crippen LogP contribution in [0.3, 0.4) is 0 Å². The first-order chi connectivity index (χ1) is 37.6. The van der Waals surface area contributed by atoms with Crippen LogP contribution in [-0.4, -0.2) is 166 Å². The Kier molecular flexibility index (Phi) is 18.5. The molecule has 7 aromatic rings. The van der Waals surface area contributed by atoms with Gasteiger partial charge in [-0.1, -0.05) is 37.8 Å². The van der Waals surface area contributed by atoms with E-state index in [1.807, 2.05) is 67.4 Å². The van der Waals surface area contributed by atoms with Crippen molar-refractivity contribution in [1.82, 2.24) is 48.8 Å². The lowest BCUT2D eigenvalue weighted by Crippen LogP contribution is -2.47. The quantitative estimate of drug-likeness (QED) is 0.0306. The van der Waals surface area contributed by atoms with Crippen LogP contribution in [0.4, 0.5) is 34.6 Å². The Balaban J connectivity index is 0.686. The predicted molar refractivity (Wildman–Crippen MR) is 308 cm³/mol. The molecule has 19 nitrogen and oxygen atoms in total. The molecule has 2 aromatic carbocycles. The third kappa shape index (κ3) is 13.6. The monoisotopic (exact) mass is 1050 g/mol. The number of aliphatic hydroxyl groups is 1. The molecule has 4 N–H and O–H groups in total. The maximum Gasteiger partial charge on any atom is 0.247 e. The number of anilines is 6. The molecule has 408 valence electrons. The zero-order chi connectivity index (χ0) is 53.7. The van der Waals surface area contributed by atoms with Crippen molar-refractivity contribution in [2.45, 2.75) is 64.5 Å². The number of carbonyl (C=O) groups is 1. The minimum absolute atomic E-state index is 0.178. The number of nitrogens with zero attached hydrogens (tertiary/aromatic N) is 12. The van der Waals surface area contributed by atoms with Crippen molar-refractivity contribution in [2.75, 3.05) is 126 Å². The Hall–Kier alpha value is -7.32. The zero-order valence-electron chi connectivity index (χ0n) is 45.6. The summed E-state index contributed by atoms with van der Waals surface area (Å²) in [4.78, 5) is 43.8. The topological polar surface area (TPSA) is 182 Å². The van der Waals surface area contributed by atoms with E-state index in [2.05, 4.69) is 111 Å². The Bertz CT molecular complexity index is 3060. The number of fused-ring (bicyclic) bond motifs is 2. The van der Waals surface area contributed by atoms with Gasteiger partial charge in [0.05, 0.1) is 42.7 Å². The minimum atomic E-state index is -0.307. The smallest absolute Gasteiger partial charge is 0.247 e. The molecule has 2 saturated heterocycles. The van der Waals surface area contributed by atoms with Gasteiger partial charge in [0.15, 0.2) is 5.65 Å². The van der Waals surface area contributed by atoms with Crippen LogP contribution in [0.5, 0.6) is 11.6 Å². The Morgan fingerprint density at radius 1 is 0.922 bits per heavy atom. The highest BCUT2D eigenvalue weighted by atomic mass is 16.5. The molecule has 1 amide bonds. The maximum atomic E-state index is 12.7. The third-order valence-corrected chi connectivity index (χ3v) is 15.0. The van der Waals surface area contributed by atoms with Gasteiger partial charge in [0, 0.05) is 144 Å². The molecule has 1 atom stereocenters. The Morgan fingerprint density at radius 2 is 1.74 bits per heavy atom. The number of hydrogen-bond donors (Lipinski definition) is 4. The van der Waals surface area contributed by atoms with Crippen LogP contribution in [-0.2, 0) is 24.8 Å². The van der Waals surface area contributed by atoms with Crippen LogP contribution in [0.1, 0.15) is 56.6 Å². The van der Waals surface area contributed by atoms with Crippen LogP contribution in [0, 0.1) is 0 Å². The van der Waals surface area contributed by atoms with Gasteiger partial charge in [-0.05, 0) is 94.9 Å². The van der Waals surface area contributed by atoms with E-state index in [4.69, 9.17) is 19.4 Å². The van der Waals surface area contributed by atoms with Crippen molar-refractivity contribution >= 4 is 57.1 Å². The molecule has 0 unspecified atom stereocenters. The molecule has 7 heterocycles. The van der Waals surface area contributed by atoms with Gasteiger partial charge < -0.3 is 59.6 Å². The van der Waals surface area contributed by atoms with Crippen molar-refractivity contribution in [3.05, 3.63) is 109 Å². The number of hydrogen-bond acceptors (Lipinski definition) is 16. The minimum Gasteiger partial charge on any atom is -0.494 e. The van der Waals surface area contributed by atoms with Gasteiger partial charge in [0.1, 0.15) is 17.4 Å². The molecule has 9 rings (SSSR count). The number of piperidine rings is 1. The molecule has 5 aromatic heterocycles. The molecular formula is C58H77N15O4. The van der Waals surface area contributed by atoms with Gasteiger partial charge in [-0.25, -0.2) is 19.9 Å². The lowest BCUT2D eigenvalue weighted by molar-refractivity contribution is -0.111. The summed E-state index contributed by atoms with van der Waals surface area (Å²) in [6.07, 6.45) is 15.9. The zero-order valence-corrected chi connectivity index (χ0v) is 45.6. The highest BCUT2D eigenvalue weighted by Crippen LogP contribution is 2.39. The maximum absolute atomic E-state index is 12.7. The highest BCUT2D eigenvalue weighted by molar-refractivity contribution is 6.02. The fourth-order valence-corrected chi connectivity index (χ4v) is 10.6. The Labute approximate surface area is 452 Å². The van der Waals surface area contributed by atoms with E-state index in [1.165, 1.54) is 12.5 Å². The molecular weight excluding hydrogens is 971 g/mol. The molecule has 0 spiro atoms. The Morgan fingerprint density at radius 3 is 2.51 bits per heavy atom. The number of piperazine rings is 1. The molecule has 0 saturated carbocycles. The number of methoxy groups -OCH3 is 1. The molecule has 19 heteroatoms. The van der Waals surface area contributed by atoms with Crippen molar-refractivity contribution in [2.24, 2.45) is 7.05 Å². The summed E-state index contributed by atoms with van der Waals surface area (Å²) in [5.74, 6) is 3.16. The number of pyridine rings is 1. The summed E-state index contributed by atoms with van der Waals surface area (Å²) < 4.78 is 16.0. The van der Waals surface area contributed by atoms with Crippen molar-refractivity contribution in [3.63, 3.8) is 0 Å². The number of benzene rings is 2. The van der Waals surface area contributed by atoms with Crippen molar-refractivity contribution < 1.29 is 19.4 Å². The number of aliphatic hydroxyl groups excluding tert-OH is 1. The first-order valence-corrected chi connectivity index (χ1v) is 27.3. The summed E-state index contributed by atoms with van der Waals surface area (Å²) in [6, 6.07) is 20.4. The molecule has 2 fully saturated rings. The lowest BCUT2D eigenvalue weighted by Gasteiger charge is -2.36. The van der Waals surface area contributed by atoms with E-state index in [0.717, 1.165) is 160 Å². The van der Waals surface area contributed by atoms with Crippen LogP contribution < -0.4 is 35.2 Å². The van der Waals surface area contributed by atoms with Gasteiger partial charge in [-0.2, -0.15) is 9.61 Å². The predicted octanol–water partition coefficient (Wildman–Crippen LogP) is 7.71. The largest absolute Gasteiger partial charge is 0.494 e. The number of rotatable bonds is 26. The number of ether oxygens (including phenoxy) is 2. The summed E-state index contributed by atoms with van der Waals surface area (Å²) in [7, 11) is 7.86. The molecule has 0 radical (unpaired) electrons. The molecule has 2 aliphatic heterocycles. The second kappa shape index (κ2) is 26.2. The van der Waals surface area contributed by atoms with Crippen molar-refractivity contribution in [3.8, 4) is 22.9 Å². The number of likely N-dealkylation sites (N-methyl/N-ethyl adjacent to an activating group) is 2. The summed E-state index contributed by atoms with van der Waals surface area (Å²) in [6.45, 7) is 17.0. The third-order valence-electron chi connectivity index (χ3n) is 15.0. The summed E-state index contributed by atoms with van der Waals surface area (Å²) >= 11 is 0. The van der Waals surface area contributed by atoms with E-state index < -0.39 is 0 Å². The lowest BCUT2D eigenvalue weighted by atomic mass is 9.99. The van der Waals surface area contributed by atoms with Crippen LogP contribution >= 0.6 is 0 Å². The average Bonchev–Trinajstić information content (AvgIpc) is 4.05. The number of amides is 1. The molecule has 77 heavy (non-hydrogen) atoms. The fourth-order valence-electron chi connectivity index (χ4n) is 10.6. The van der Waals surface area contributed by atoms with Crippen LogP contribution in [0.25, 0.3) is 27.8 Å². The SMILES string of the molecule is C=CC(=O)Nc1cc(Nc2nccc(-c3cn(C)c4ccccc34)n2)c(OC)cc1N(C)CCN(C)CCCN1CCN(CCCOc2ccc(CNc3cc(N4CCCC[C@H]4CCO)nc4c(CC)cnn34)cn2)CC1. The van der Waals surface area contributed by atoms with Gasteiger partial charge >= 0.3 is 0 Å². The van der Waals surface area contributed by atoms with E-state index in [-0.39, 0.29) is 18.6 Å². The van der Waals surface area contributed by atoms with Gasteiger partial charge in [-0.3, -0.25) is 4.79 Å². The van der Waals surface area contributed by atoms with E-state index in [9.17, 15) is 9.90 Å². The fraction of sp³-hybridized carbons (Fsp3) is 0.448. The molecule has 0 bridgehead atoms. The average molecular weight is 1050 g/mol. The number of para-hydroxylation sites is 1.